The van der Waals surface area contributed by atoms with Gasteiger partial charge in [0, 0.05) is 26.2 Å². The van der Waals surface area contributed by atoms with Crippen molar-refractivity contribution in [2.24, 2.45) is 0 Å². The molecule has 1 aliphatic heterocycles. The van der Waals surface area contributed by atoms with Gasteiger partial charge in [-0.25, -0.2) is 4.79 Å². The first kappa shape index (κ1) is 15.8. The molecule has 1 heterocycles. The number of ether oxygens (including phenoxy) is 2. The zero-order valence-electron chi connectivity index (χ0n) is 10.7. The number of amides is 1. The van der Waals surface area contributed by atoms with Crippen molar-refractivity contribution in [2.75, 3.05) is 39.4 Å². The zero-order valence-corrected chi connectivity index (χ0v) is 11.5. The summed E-state index contributed by atoms with van der Waals surface area (Å²) in [5, 5.41) is 2.73. The fourth-order valence-corrected chi connectivity index (χ4v) is 1.77. The Bertz CT molecular complexity index is 369. The highest BCUT2D eigenvalue weighted by molar-refractivity contribution is 5.85. The van der Waals surface area contributed by atoms with E-state index >= 15 is 0 Å². The van der Waals surface area contributed by atoms with Crippen LogP contribution in [0.2, 0.25) is 0 Å². The summed E-state index contributed by atoms with van der Waals surface area (Å²) in [6.07, 6.45) is -0.408. The zero-order chi connectivity index (χ0) is 12.6. The highest BCUT2D eigenvalue weighted by Gasteiger charge is 2.10. The molecule has 1 saturated heterocycles. The Hall–Kier alpha value is -1.30. The lowest BCUT2D eigenvalue weighted by molar-refractivity contribution is 0.0385. The molecule has 1 fully saturated rings. The lowest BCUT2D eigenvalue weighted by atomic mass is 10.3. The van der Waals surface area contributed by atoms with Gasteiger partial charge in [0.1, 0.15) is 5.75 Å². The van der Waals surface area contributed by atoms with Crippen LogP contribution in [0.15, 0.2) is 30.3 Å². The first-order chi connectivity index (χ1) is 8.84. The monoisotopic (exact) mass is 286 g/mol. The van der Waals surface area contributed by atoms with Crippen LogP contribution in [0, 0.1) is 0 Å². The summed E-state index contributed by atoms with van der Waals surface area (Å²) in [7, 11) is 0. The first-order valence-corrected chi connectivity index (χ1v) is 6.15. The van der Waals surface area contributed by atoms with Gasteiger partial charge in [-0.1, -0.05) is 18.2 Å². The second-order valence-corrected chi connectivity index (χ2v) is 4.08. The SMILES string of the molecule is Cl.O=C(NCCN1CCOCC1)Oc1ccccc1. The number of benzene rings is 1. The highest BCUT2D eigenvalue weighted by Crippen LogP contribution is 2.07. The van der Waals surface area contributed by atoms with Gasteiger partial charge in [0.25, 0.3) is 0 Å². The largest absolute Gasteiger partial charge is 0.412 e. The van der Waals surface area contributed by atoms with E-state index in [-0.39, 0.29) is 12.4 Å². The van der Waals surface area contributed by atoms with Gasteiger partial charge in [0.05, 0.1) is 13.2 Å². The minimum atomic E-state index is -0.408. The average molecular weight is 287 g/mol. The number of carbonyl (C=O) groups excluding carboxylic acids is 1. The van der Waals surface area contributed by atoms with Gasteiger partial charge in [-0.2, -0.15) is 0 Å². The van der Waals surface area contributed by atoms with Gasteiger partial charge in [-0.3, -0.25) is 4.90 Å². The summed E-state index contributed by atoms with van der Waals surface area (Å²) in [5.74, 6) is 0.557. The van der Waals surface area contributed by atoms with Crippen molar-refractivity contribution in [2.45, 2.75) is 0 Å². The third kappa shape index (κ3) is 5.92. The first-order valence-electron chi connectivity index (χ1n) is 6.15. The van der Waals surface area contributed by atoms with Crippen LogP contribution >= 0.6 is 12.4 Å². The van der Waals surface area contributed by atoms with E-state index in [2.05, 4.69) is 10.2 Å². The van der Waals surface area contributed by atoms with E-state index in [1.165, 1.54) is 0 Å². The molecule has 0 spiro atoms. The van der Waals surface area contributed by atoms with Gasteiger partial charge in [-0.05, 0) is 12.1 Å². The second kappa shape index (κ2) is 8.74. The Morgan fingerprint density at radius 2 is 1.95 bits per heavy atom. The molecule has 0 unspecified atom stereocenters. The van der Waals surface area contributed by atoms with E-state index in [4.69, 9.17) is 9.47 Å². The molecule has 1 aromatic carbocycles. The summed E-state index contributed by atoms with van der Waals surface area (Å²) in [6.45, 7) is 4.81. The maximum atomic E-state index is 11.5. The molecule has 0 bridgehead atoms. The van der Waals surface area contributed by atoms with Crippen LogP contribution in [0.4, 0.5) is 4.79 Å². The molecule has 0 aromatic heterocycles. The summed E-state index contributed by atoms with van der Waals surface area (Å²) < 4.78 is 10.4. The maximum Gasteiger partial charge on any atom is 0.412 e. The van der Waals surface area contributed by atoms with E-state index < -0.39 is 6.09 Å². The van der Waals surface area contributed by atoms with Crippen LogP contribution in [-0.4, -0.2) is 50.4 Å². The second-order valence-electron chi connectivity index (χ2n) is 4.08. The molecule has 0 aliphatic carbocycles. The molecule has 0 saturated carbocycles. The van der Waals surface area contributed by atoms with Crippen molar-refractivity contribution < 1.29 is 14.3 Å². The normalized spacial score (nSPS) is 15.4. The van der Waals surface area contributed by atoms with E-state index in [9.17, 15) is 4.79 Å². The van der Waals surface area contributed by atoms with E-state index in [0.29, 0.717) is 12.3 Å². The van der Waals surface area contributed by atoms with E-state index in [0.717, 1.165) is 32.8 Å². The van der Waals surface area contributed by atoms with Gasteiger partial charge in [0.15, 0.2) is 0 Å². The molecule has 2 rings (SSSR count). The molecule has 1 N–H and O–H groups in total. The third-order valence-corrected chi connectivity index (χ3v) is 2.75. The van der Waals surface area contributed by atoms with Crippen molar-refractivity contribution in [3.8, 4) is 5.75 Å². The summed E-state index contributed by atoms with van der Waals surface area (Å²) in [5.41, 5.74) is 0. The average Bonchev–Trinajstić information content (AvgIpc) is 2.41. The molecule has 1 aliphatic rings. The molecular weight excluding hydrogens is 268 g/mol. The number of nitrogens with zero attached hydrogens (tertiary/aromatic N) is 1. The standard InChI is InChI=1S/C13H18N2O3.ClH/c16-13(18-12-4-2-1-3-5-12)14-6-7-15-8-10-17-11-9-15;/h1-5H,6-11H2,(H,14,16);1H. The van der Waals surface area contributed by atoms with E-state index in [1.807, 2.05) is 18.2 Å². The Labute approximate surface area is 119 Å². The molecule has 106 valence electrons. The van der Waals surface area contributed by atoms with E-state index in [1.54, 1.807) is 12.1 Å². The quantitative estimate of drug-likeness (QED) is 0.912. The molecule has 1 amide bonds. The van der Waals surface area contributed by atoms with Crippen LogP contribution in [-0.2, 0) is 4.74 Å². The number of morpholine rings is 1. The minimum Gasteiger partial charge on any atom is -0.410 e. The molecular formula is C13H19ClN2O3. The maximum absolute atomic E-state index is 11.5. The van der Waals surface area contributed by atoms with Crippen LogP contribution in [0.5, 0.6) is 5.75 Å². The van der Waals surface area contributed by atoms with Crippen molar-refractivity contribution in [1.29, 1.82) is 0 Å². The number of carbonyl (C=O) groups is 1. The lowest BCUT2D eigenvalue weighted by Crippen LogP contribution is -2.41. The Kier molecular flexibility index (Phi) is 7.25. The number of nitrogens with one attached hydrogen (secondary N) is 1. The van der Waals surface area contributed by atoms with Crippen LogP contribution in [0.1, 0.15) is 0 Å². The van der Waals surface area contributed by atoms with Gasteiger partial charge < -0.3 is 14.8 Å². The number of hydrogen-bond acceptors (Lipinski definition) is 4. The minimum absolute atomic E-state index is 0. The fourth-order valence-electron chi connectivity index (χ4n) is 1.77. The van der Waals surface area contributed by atoms with Crippen molar-refractivity contribution in [1.82, 2.24) is 10.2 Å². The van der Waals surface area contributed by atoms with Crippen LogP contribution in [0.3, 0.4) is 0 Å². The predicted octanol–water partition coefficient (Wildman–Crippen LogP) is 1.53. The predicted molar refractivity (Wildman–Crippen MR) is 75.0 cm³/mol. The smallest absolute Gasteiger partial charge is 0.410 e. The number of halogens is 1. The van der Waals surface area contributed by atoms with Crippen molar-refractivity contribution in [3.05, 3.63) is 30.3 Å². The van der Waals surface area contributed by atoms with Gasteiger partial charge in [0.2, 0.25) is 0 Å². The molecule has 6 heteroatoms. The summed E-state index contributed by atoms with van der Waals surface area (Å²) in [6, 6.07) is 9.04. The van der Waals surface area contributed by atoms with Crippen LogP contribution < -0.4 is 10.1 Å². The van der Waals surface area contributed by atoms with Gasteiger partial charge in [-0.15, -0.1) is 12.4 Å². The summed E-state index contributed by atoms with van der Waals surface area (Å²) >= 11 is 0. The molecule has 19 heavy (non-hydrogen) atoms. The Morgan fingerprint density at radius 3 is 2.63 bits per heavy atom. The summed E-state index contributed by atoms with van der Waals surface area (Å²) in [4.78, 5) is 13.7. The molecule has 0 atom stereocenters. The van der Waals surface area contributed by atoms with Crippen LogP contribution in [0.25, 0.3) is 0 Å². The van der Waals surface area contributed by atoms with Gasteiger partial charge >= 0.3 is 6.09 Å². The topological polar surface area (TPSA) is 50.8 Å². The van der Waals surface area contributed by atoms with Crippen molar-refractivity contribution >= 4 is 18.5 Å². The Balaban J connectivity index is 0.00000180. The highest BCUT2D eigenvalue weighted by atomic mass is 35.5. The van der Waals surface area contributed by atoms with Crippen molar-refractivity contribution in [3.63, 3.8) is 0 Å². The molecule has 5 nitrogen and oxygen atoms in total. The molecule has 0 radical (unpaired) electrons. The fraction of sp³-hybridized carbons (Fsp3) is 0.462. The molecule has 1 aromatic rings. The number of para-hydroxylation sites is 1. The number of rotatable bonds is 4. The Morgan fingerprint density at radius 1 is 1.26 bits per heavy atom. The number of hydrogen-bond donors (Lipinski definition) is 1. The third-order valence-electron chi connectivity index (χ3n) is 2.75. The lowest BCUT2D eigenvalue weighted by Gasteiger charge is -2.26.